The van der Waals surface area contributed by atoms with Crippen molar-refractivity contribution in [2.75, 3.05) is 0 Å². The summed E-state index contributed by atoms with van der Waals surface area (Å²) in [7, 11) is 0. The molecule has 5 heteroatoms. The van der Waals surface area contributed by atoms with Gasteiger partial charge in [-0.2, -0.15) is 0 Å². The van der Waals surface area contributed by atoms with E-state index in [1.54, 1.807) is 22.9 Å². The van der Waals surface area contributed by atoms with E-state index in [1.807, 2.05) is 0 Å². The van der Waals surface area contributed by atoms with Crippen molar-refractivity contribution in [3.05, 3.63) is 28.1 Å². The molecule has 12 heavy (non-hydrogen) atoms. The summed E-state index contributed by atoms with van der Waals surface area (Å²) in [5.41, 5.74) is 0.461. The van der Waals surface area contributed by atoms with Gasteiger partial charge in [0.25, 0.3) is 0 Å². The lowest BCUT2D eigenvalue weighted by atomic mass is 10.4. The maximum Gasteiger partial charge on any atom is 0.180 e. The number of hydrogen-bond acceptors (Lipinski definition) is 2. The van der Waals surface area contributed by atoms with Gasteiger partial charge in [-0.05, 0) is 22.0 Å². The van der Waals surface area contributed by atoms with E-state index < -0.39 is 0 Å². The maximum atomic E-state index is 9.39. The summed E-state index contributed by atoms with van der Waals surface area (Å²) >= 11 is 8.89. The Morgan fingerprint density at radius 3 is 3.00 bits per heavy atom. The monoisotopic (exact) mass is 246 g/mol. The SMILES string of the molecule is Oc1cc(Br)cn2cc(Cl)nc12. The summed E-state index contributed by atoms with van der Waals surface area (Å²) in [5.74, 6) is 0.108. The standard InChI is InChI=1S/C7H4BrClN2O/c8-4-1-5(12)7-10-6(9)3-11(7)2-4/h1-3,12H. The minimum atomic E-state index is 0.108. The number of fused-ring (bicyclic) bond motifs is 1. The third-order valence-corrected chi connectivity index (χ3v) is 2.08. The van der Waals surface area contributed by atoms with E-state index in [1.165, 1.54) is 0 Å². The van der Waals surface area contributed by atoms with Crippen LogP contribution in [0.3, 0.4) is 0 Å². The Morgan fingerprint density at radius 2 is 2.25 bits per heavy atom. The molecule has 3 nitrogen and oxygen atoms in total. The van der Waals surface area contributed by atoms with Crippen LogP contribution in [0.4, 0.5) is 0 Å². The zero-order valence-corrected chi connectivity index (χ0v) is 8.17. The lowest BCUT2D eigenvalue weighted by molar-refractivity contribution is 0.477. The number of imidazole rings is 1. The molecule has 0 saturated carbocycles. The van der Waals surface area contributed by atoms with Crippen LogP contribution in [0.1, 0.15) is 0 Å². The molecule has 2 aromatic rings. The third-order valence-electron chi connectivity index (χ3n) is 1.47. The lowest BCUT2D eigenvalue weighted by Crippen LogP contribution is -1.82. The van der Waals surface area contributed by atoms with Crippen molar-refractivity contribution in [3.63, 3.8) is 0 Å². The molecule has 1 N–H and O–H groups in total. The normalized spacial score (nSPS) is 10.8. The first-order valence-corrected chi connectivity index (χ1v) is 4.36. The highest BCUT2D eigenvalue weighted by atomic mass is 79.9. The fourth-order valence-corrected chi connectivity index (χ4v) is 1.64. The number of pyridine rings is 1. The number of nitrogens with zero attached hydrogens (tertiary/aromatic N) is 2. The molecule has 0 spiro atoms. The van der Waals surface area contributed by atoms with Gasteiger partial charge in [0.2, 0.25) is 0 Å². The molecule has 0 radical (unpaired) electrons. The number of rotatable bonds is 0. The smallest absolute Gasteiger partial charge is 0.180 e. The Kier molecular flexibility index (Phi) is 1.73. The highest BCUT2D eigenvalue weighted by molar-refractivity contribution is 9.10. The van der Waals surface area contributed by atoms with Crippen LogP contribution in [0.5, 0.6) is 5.75 Å². The molecule has 0 unspecified atom stereocenters. The van der Waals surface area contributed by atoms with Gasteiger partial charge in [0.05, 0.1) is 0 Å². The van der Waals surface area contributed by atoms with E-state index in [9.17, 15) is 5.11 Å². The minimum absolute atomic E-state index is 0.108. The first-order valence-electron chi connectivity index (χ1n) is 3.19. The van der Waals surface area contributed by atoms with Crippen molar-refractivity contribution >= 4 is 33.2 Å². The van der Waals surface area contributed by atoms with E-state index in [0.717, 1.165) is 4.47 Å². The first kappa shape index (κ1) is 7.89. The zero-order chi connectivity index (χ0) is 8.72. The highest BCUT2D eigenvalue weighted by Gasteiger charge is 2.04. The summed E-state index contributed by atoms with van der Waals surface area (Å²) in [5, 5.41) is 9.76. The number of halogens is 2. The predicted molar refractivity (Wildman–Crippen MR) is 49.6 cm³/mol. The van der Waals surface area contributed by atoms with Crippen LogP contribution in [0.2, 0.25) is 5.15 Å². The molecule has 0 aliphatic carbocycles. The Hall–Kier alpha value is -0.740. The van der Waals surface area contributed by atoms with Crippen molar-refractivity contribution in [2.45, 2.75) is 0 Å². The number of aromatic hydroxyl groups is 1. The molecule has 0 bridgehead atoms. The molecule has 62 valence electrons. The molecule has 0 aliphatic heterocycles. The van der Waals surface area contributed by atoms with Crippen molar-refractivity contribution < 1.29 is 5.11 Å². The summed E-state index contributed by atoms with van der Waals surface area (Å²) < 4.78 is 2.43. The van der Waals surface area contributed by atoms with Gasteiger partial charge in [-0.15, -0.1) is 0 Å². The zero-order valence-electron chi connectivity index (χ0n) is 5.83. The molecule has 2 aromatic heterocycles. The van der Waals surface area contributed by atoms with E-state index in [0.29, 0.717) is 10.8 Å². The predicted octanol–water partition coefficient (Wildman–Crippen LogP) is 2.46. The van der Waals surface area contributed by atoms with E-state index >= 15 is 0 Å². The number of hydrogen-bond donors (Lipinski definition) is 1. The van der Waals surface area contributed by atoms with E-state index in [-0.39, 0.29) is 5.75 Å². The van der Waals surface area contributed by atoms with E-state index in [4.69, 9.17) is 11.6 Å². The Labute approximate surface area is 81.7 Å². The Morgan fingerprint density at radius 1 is 1.50 bits per heavy atom. The van der Waals surface area contributed by atoms with Crippen molar-refractivity contribution in [1.29, 1.82) is 0 Å². The van der Waals surface area contributed by atoms with Crippen LogP contribution in [0.15, 0.2) is 22.9 Å². The Bertz CT molecular complexity index is 440. The summed E-state index contributed by atoms with van der Waals surface area (Å²) in [6, 6.07) is 1.57. The minimum Gasteiger partial charge on any atom is -0.504 e. The van der Waals surface area contributed by atoms with Crippen LogP contribution in [0, 0.1) is 0 Å². The van der Waals surface area contributed by atoms with Crippen molar-refractivity contribution in [1.82, 2.24) is 9.38 Å². The lowest BCUT2D eigenvalue weighted by Gasteiger charge is -1.96. The first-order chi connectivity index (χ1) is 5.66. The van der Waals surface area contributed by atoms with Gasteiger partial charge < -0.3 is 9.51 Å². The molecule has 2 heterocycles. The van der Waals surface area contributed by atoms with Crippen LogP contribution in [-0.2, 0) is 0 Å². The van der Waals surface area contributed by atoms with Gasteiger partial charge >= 0.3 is 0 Å². The van der Waals surface area contributed by atoms with Crippen LogP contribution in [0.25, 0.3) is 5.65 Å². The van der Waals surface area contributed by atoms with Gasteiger partial charge in [0.1, 0.15) is 5.15 Å². The second kappa shape index (κ2) is 2.64. The Balaban J connectivity index is 2.88. The van der Waals surface area contributed by atoms with Gasteiger partial charge in [-0.1, -0.05) is 11.6 Å². The molecular formula is C7H4BrClN2O. The average molecular weight is 247 g/mol. The van der Waals surface area contributed by atoms with Gasteiger partial charge in [-0.25, -0.2) is 4.98 Å². The number of aromatic nitrogens is 2. The largest absolute Gasteiger partial charge is 0.504 e. The van der Waals surface area contributed by atoms with Gasteiger partial charge in [0, 0.05) is 16.9 Å². The molecule has 0 atom stereocenters. The fraction of sp³-hybridized carbons (Fsp3) is 0. The van der Waals surface area contributed by atoms with Crippen LogP contribution >= 0.6 is 27.5 Å². The van der Waals surface area contributed by atoms with Crippen molar-refractivity contribution in [3.8, 4) is 5.75 Å². The van der Waals surface area contributed by atoms with Gasteiger partial charge in [-0.3, -0.25) is 0 Å². The van der Waals surface area contributed by atoms with Crippen molar-refractivity contribution in [2.24, 2.45) is 0 Å². The summed E-state index contributed by atoms with van der Waals surface area (Å²) in [6.45, 7) is 0. The van der Waals surface area contributed by atoms with Crippen LogP contribution < -0.4 is 0 Å². The van der Waals surface area contributed by atoms with Gasteiger partial charge in [0.15, 0.2) is 11.4 Å². The summed E-state index contributed by atoms with van der Waals surface area (Å²) in [6.07, 6.45) is 3.40. The topological polar surface area (TPSA) is 37.5 Å². The maximum absolute atomic E-state index is 9.39. The second-order valence-electron chi connectivity index (χ2n) is 2.34. The highest BCUT2D eigenvalue weighted by Crippen LogP contribution is 2.23. The summed E-state index contributed by atoms with van der Waals surface area (Å²) in [4.78, 5) is 3.91. The second-order valence-corrected chi connectivity index (χ2v) is 3.64. The molecule has 0 aliphatic rings. The third kappa shape index (κ3) is 1.17. The molecule has 0 amide bonds. The average Bonchev–Trinajstić information content (AvgIpc) is 2.29. The molecular weight excluding hydrogens is 243 g/mol. The molecule has 2 rings (SSSR count). The molecule has 0 aromatic carbocycles. The molecule has 0 saturated heterocycles. The van der Waals surface area contributed by atoms with E-state index in [2.05, 4.69) is 20.9 Å². The quantitative estimate of drug-likeness (QED) is 0.776. The van der Waals surface area contributed by atoms with Crippen LogP contribution in [-0.4, -0.2) is 14.5 Å². The fourth-order valence-electron chi connectivity index (χ4n) is 1.02. The molecule has 0 fully saturated rings.